The van der Waals surface area contributed by atoms with E-state index in [9.17, 15) is 0 Å². The molecule has 1 aliphatic heterocycles. The molecule has 2 rings (SSSR count). The predicted octanol–water partition coefficient (Wildman–Crippen LogP) is 1.57. The highest BCUT2D eigenvalue weighted by atomic mass is 32.1. The largest absolute Gasteiger partial charge is 0.469 e. The summed E-state index contributed by atoms with van der Waals surface area (Å²) in [6, 6.07) is 0. The van der Waals surface area contributed by atoms with Crippen LogP contribution < -0.4 is 4.74 Å². The molecule has 5 heteroatoms. The van der Waals surface area contributed by atoms with E-state index in [1.54, 1.807) is 0 Å². The summed E-state index contributed by atoms with van der Waals surface area (Å²) in [6.45, 7) is 5.07. The third kappa shape index (κ3) is 3.14. The molecule has 0 bridgehead atoms. The molecule has 84 valence electrons. The Morgan fingerprint density at radius 2 is 2.40 bits per heavy atom. The number of piperidine rings is 1. The molecular weight excluding hydrogens is 210 g/mol. The Morgan fingerprint density at radius 3 is 3.07 bits per heavy atom. The lowest BCUT2D eigenvalue weighted by Gasteiger charge is -2.28. The normalized spacial score (nSPS) is 22.9. The monoisotopic (exact) mass is 227 g/mol. The first-order chi connectivity index (χ1) is 7.24. The maximum Gasteiger partial charge on any atom is 0.294 e. The second-order valence-corrected chi connectivity index (χ2v) is 5.31. The van der Waals surface area contributed by atoms with Gasteiger partial charge in [-0.3, -0.25) is 0 Å². The minimum absolute atomic E-state index is 0.646. The highest BCUT2D eigenvalue weighted by molar-refractivity contribution is 7.12. The Balaban J connectivity index is 1.77. The third-order valence-electron chi connectivity index (χ3n) is 2.67. The predicted molar refractivity (Wildman–Crippen MR) is 60.4 cm³/mol. The zero-order valence-corrected chi connectivity index (χ0v) is 10.1. The van der Waals surface area contributed by atoms with Gasteiger partial charge < -0.3 is 9.64 Å². The fourth-order valence-electron chi connectivity index (χ4n) is 1.94. The molecule has 1 unspecified atom stereocenters. The molecule has 1 aliphatic rings. The SMILES string of the molecule is Cc1nnc(OCC2CCCN(C)C2)s1. The maximum atomic E-state index is 5.63. The van der Waals surface area contributed by atoms with E-state index >= 15 is 0 Å². The van der Waals surface area contributed by atoms with Gasteiger partial charge >= 0.3 is 0 Å². The van der Waals surface area contributed by atoms with Gasteiger partial charge in [0.05, 0.1) is 6.61 Å². The van der Waals surface area contributed by atoms with Crippen LogP contribution in [0.5, 0.6) is 5.19 Å². The smallest absolute Gasteiger partial charge is 0.294 e. The molecular formula is C10H17N3OS. The molecule has 1 fully saturated rings. The van der Waals surface area contributed by atoms with Gasteiger partial charge in [-0.2, -0.15) is 0 Å². The molecule has 0 amide bonds. The van der Waals surface area contributed by atoms with Crippen molar-refractivity contribution < 1.29 is 4.74 Å². The van der Waals surface area contributed by atoms with Crippen LogP contribution in [0.15, 0.2) is 0 Å². The summed E-state index contributed by atoms with van der Waals surface area (Å²) < 4.78 is 5.63. The Bertz CT molecular complexity index is 315. The summed E-state index contributed by atoms with van der Waals surface area (Å²) in [6.07, 6.45) is 2.54. The maximum absolute atomic E-state index is 5.63. The molecule has 1 aromatic heterocycles. The third-order valence-corrected chi connectivity index (χ3v) is 3.42. The van der Waals surface area contributed by atoms with Crippen molar-refractivity contribution in [3.8, 4) is 5.19 Å². The summed E-state index contributed by atoms with van der Waals surface area (Å²) in [5, 5.41) is 9.55. The first-order valence-corrected chi connectivity index (χ1v) is 6.17. The molecule has 1 atom stereocenters. The Kier molecular flexibility index (Phi) is 3.53. The lowest BCUT2D eigenvalue weighted by Crippen LogP contribution is -2.34. The van der Waals surface area contributed by atoms with Crippen molar-refractivity contribution in [2.24, 2.45) is 5.92 Å². The number of aromatic nitrogens is 2. The van der Waals surface area contributed by atoms with Gasteiger partial charge in [0.15, 0.2) is 0 Å². The Labute approximate surface area is 94.3 Å². The number of aryl methyl sites for hydroxylation is 1. The highest BCUT2D eigenvalue weighted by Crippen LogP contribution is 2.20. The van der Waals surface area contributed by atoms with E-state index in [0.717, 1.165) is 18.2 Å². The lowest BCUT2D eigenvalue weighted by atomic mass is 10.00. The Hall–Kier alpha value is -0.680. The molecule has 4 nitrogen and oxygen atoms in total. The van der Waals surface area contributed by atoms with Crippen molar-refractivity contribution in [1.29, 1.82) is 0 Å². The van der Waals surface area contributed by atoms with Crippen LogP contribution in [0.1, 0.15) is 17.8 Å². The first-order valence-electron chi connectivity index (χ1n) is 5.35. The van der Waals surface area contributed by atoms with E-state index in [0.29, 0.717) is 11.1 Å². The van der Waals surface area contributed by atoms with E-state index in [4.69, 9.17) is 4.74 Å². The van der Waals surface area contributed by atoms with Crippen LogP contribution in [0.4, 0.5) is 0 Å². The summed E-state index contributed by atoms with van der Waals surface area (Å²) in [5.74, 6) is 0.646. The fraction of sp³-hybridized carbons (Fsp3) is 0.800. The molecule has 0 saturated carbocycles. The molecule has 1 aromatic rings. The van der Waals surface area contributed by atoms with Crippen LogP contribution in [0.2, 0.25) is 0 Å². The second kappa shape index (κ2) is 4.90. The van der Waals surface area contributed by atoms with E-state index in [-0.39, 0.29) is 0 Å². The number of nitrogens with zero attached hydrogens (tertiary/aromatic N) is 3. The zero-order chi connectivity index (χ0) is 10.7. The average Bonchev–Trinajstić information content (AvgIpc) is 2.62. The van der Waals surface area contributed by atoms with Gasteiger partial charge in [0.25, 0.3) is 5.19 Å². The van der Waals surface area contributed by atoms with Crippen molar-refractivity contribution in [2.45, 2.75) is 19.8 Å². The summed E-state index contributed by atoms with van der Waals surface area (Å²) >= 11 is 1.52. The summed E-state index contributed by atoms with van der Waals surface area (Å²) in [7, 11) is 2.17. The van der Waals surface area contributed by atoms with Gasteiger partial charge in [0.2, 0.25) is 0 Å². The fourth-order valence-corrected chi connectivity index (χ4v) is 2.48. The molecule has 0 aliphatic carbocycles. The van der Waals surface area contributed by atoms with Crippen LogP contribution in [-0.2, 0) is 0 Å². The van der Waals surface area contributed by atoms with Crippen molar-refractivity contribution in [3.05, 3.63) is 5.01 Å². The molecule has 0 spiro atoms. The summed E-state index contributed by atoms with van der Waals surface area (Å²) in [4.78, 5) is 2.36. The molecule has 0 aromatic carbocycles. The van der Waals surface area contributed by atoms with Crippen LogP contribution in [0.25, 0.3) is 0 Å². The zero-order valence-electron chi connectivity index (χ0n) is 9.27. The van der Waals surface area contributed by atoms with Gasteiger partial charge in [0, 0.05) is 12.5 Å². The van der Waals surface area contributed by atoms with Crippen LogP contribution in [0, 0.1) is 12.8 Å². The van der Waals surface area contributed by atoms with Crippen LogP contribution >= 0.6 is 11.3 Å². The molecule has 0 N–H and O–H groups in total. The first kappa shape index (κ1) is 10.8. The molecule has 1 saturated heterocycles. The number of likely N-dealkylation sites (tertiary alicyclic amines) is 1. The van der Waals surface area contributed by atoms with E-state index in [2.05, 4.69) is 22.1 Å². The van der Waals surface area contributed by atoms with Crippen LogP contribution in [-0.4, -0.2) is 41.8 Å². The number of hydrogen-bond donors (Lipinski definition) is 0. The standard InChI is InChI=1S/C10H17N3OS/c1-8-11-12-10(15-8)14-7-9-4-3-5-13(2)6-9/h9H,3-7H2,1-2H3. The van der Waals surface area contributed by atoms with Crippen molar-refractivity contribution in [3.63, 3.8) is 0 Å². The minimum atomic E-state index is 0.646. The van der Waals surface area contributed by atoms with Crippen molar-refractivity contribution in [1.82, 2.24) is 15.1 Å². The van der Waals surface area contributed by atoms with Gasteiger partial charge in [-0.25, -0.2) is 0 Å². The van der Waals surface area contributed by atoms with E-state index < -0.39 is 0 Å². The number of rotatable bonds is 3. The van der Waals surface area contributed by atoms with E-state index in [1.165, 1.54) is 30.7 Å². The van der Waals surface area contributed by atoms with Crippen LogP contribution in [0.3, 0.4) is 0 Å². The molecule has 2 heterocycles. The minimum Gasteiger partial charge on any atom is -0.469 e. The Morgan fingerprint density at radius 1 is 1.53 bits per heavy atom. The highest BCUT2D eigenvalue weighted by Gasteiger charge is 2.18. The van der Waals surface area contributed by atoms with Crippen molar-refractivity contribution in [2.75, 3.05) is 26.7 Å². The van der Waals surface area contributed by atoms with E-state index in [1.807, 2.05) is 6.92 Å². The van der Waals surface area contributed by atoms with Gasteiger partial charge in [0.1, 0.15) is 5.01 Å². The van der Waals surface area contributed by atoms with Crippen molar-refractivity contribution >= 4 is 11.3 Å². The summed E-state index contributed by atoms with van der Waals surface area (Å²) in [5.41, 5.74) is 0. The van der Waals surface area contributed by atoms with Gasteiger partial charge in [-0.15, -0.1) is 10.2 Å². The lowest BCUT2D eigenvalue weighted by molar-refractivity contribution is 0.149. The topological polar surface area (TPSA) is 38.3 Å². The second-order valence-electron chi connectivity index (χ2n) is 4.17. The number of hydrogen-bond acceptors (Lipinski definition) is 5. The molecule has 0 radical (unpaired) electrons. The quantitative estimate of drug-likeness (QED) is 0.785. The number of ether oxygens (including phenoxy) is 1. The molecule has 15 heavy (non-hydrogen) atoms. The van der Waals surface area contributed by atoms with Gasteiger partial charge in [-0.1, -0.05) is 11.3 Å². The van der Waals surface area contributed by atoms with Gasteiger partial charge in [-0.05, 0) is 33.4 Å². The average molecular weight is 227 g/mol.